The van der Waals surface area contributed by atoms with E-state index in [0.29, 0.717) is 0 Å². The molecule has 1 heterocycles. The minimum Gasteiger partial charge on any atom is -0.314 e. The van der Waals surface area contributed by atoms with Crippen LogP contribution in [0, 0.1) is 0 Å². The van der Waals surface area contributed by atoms with Crippen molar-refractivity contribution in [1.82, 2.24) is 10.4 Å². The summed E-state index contributed by atoms with van der Waals surface area (Å²) in [6.07, 6.45) is 26.8. The van der Waals surface area contributed by atoms with Gasteiger partial charge in [-0.2, -0.15) is 0 Å². The fourth-order valence-electron chi connectivity index (χ4n) is 3.55. The Balaban J connectivity index is 1.70. The maximum Gasteiger partial charge on any atom is 0.128 e. The van der Waals surface area contributed by atoms with Crippen LogP contribution in [0.25, 0.3) is 0 Å². The zero-order valence-electron chi connectivity index (χ0n) is 17.0. The van der Waals surface area contributed by atoms with Gasteiger partial charge in [-0.25, -0.2) is 5.43 Å². The van der Waals surface area contributed by atoms with E-state index in [4.69, 9.17) is 11.6 Å². The molecule has 148 valence electrons. The quantitative estimate of drug-likeness (QED) is 0.161. The number of rotatable bonds is 17. The number of unbranched alkanes of at least 4 members (excludes halogenated alkanes) is 15. The summed E-state index contributed by atoms with van der Waals surface area (Å²) < 4.78 is 0. The van der Waals surface area contributed by atoms with Gasteiger partial charge in [0.15, 0.2) is 0 Å². The summed E-state index contributed by atoms with van der Waals surface area (Å²) in [6.45, 7) is 5.34. The number of hydrogen-bond donors (Lipinski definition) is 1. The number of halogens is 1. The maximum absolute atomic E-state index is 6.20. The highest BCUT2D eigenvalue weighted by Crippen LogP contribution is 2.19. The van der Waals surface area contributed by atoms with Crippen LogP contribution >= 0.6 is 11.6 Å². The van der Waals surface area contributed by atoms with Gasteiger partial charge in [0.1, 0.15) is 5.00 Å². The van der Waals surface area contributed by atoms with Crippen LogP contribution in [0.4, 0.5) is 0 Å². The lowest BCUT2D eigenvalue weighted by molar-refractivity contribution is 0.260. The van der Waals surface area contributed by atoms with E-state index in [1.165, 1.54) is 103 Å². The Morgan fingerprint density at radius 2 is 1.12 bits per heavy atom. The molecule has 1 N–H and O–H groups in total. The molecule has 0 aliphatic carbocycles. The summed E-state index contributed by atoms with van der Waals surface area (Å²) in [7, 11) is 0. The molecule has 0 saturated carbocycles. The number of nitrogens with zero attached hydrogens (tertiary/aromatic N) is 1. The lowest BCUT2D eigenvalue weighted by atomic mass is 10.0. The average molecular weight is 371 g/mol. The first-order valence-corrected chi connectivity index (χ1v) is 11.4. The number of alkyl halides is 1. The van der Waals surface area contributed by atoms with Crippen LogP contribution in [-0.4, -0.2) is 16.6 Å². The lowest BCUT2D eigenvalue weighted by Gasteiger charge is -2.22. The van der Waals surface area contributed by atoms with Crippen LogP contribution in [0.2, 0.25) is 0 Å². The van der Waals surface area contributed by atoms with Gasteiger partial charge in [-0.3, -0.25) is 0 Å². The normalized spacial score (nSPS) is 19.9. The standard InChI is InChI=1S/C22H43ClN2/c1-3-4-5-6-7-8-9-10-11-12-13-14-15-16-17-18-20-25-21-19-22(2,23)24-25/h19,21,24H,3-18,20H2,1-2H3. The Morgan fingerprint density at radius 1 is 0.720 bits per heavy atom. The van der Waals surface area contributed by atoms with Gasteiger partial charge in [0, 0.05) is 12.7 Å². The largest absolute Gasteiger partial charge is 0.314 e. The molecule has 0 amide bonds. The molecule has 25 heavy (non-hydrogen) atoms. The van der Waals surface area contributed by atoms with Gasteiger partial charge in [0.05, 0.1) is 0 Å². The predicted molar refractivity (Wildman–Crippen MR) is 113 cm³/mol. The number of hydrogen-bond acceptors (Lipinski definition) is 2. The summed E-state index contributed by atoms with van der Waals surface area (Å²) in [5.41, 5.74) is 3.27. The fourth-order valence-corrected chi connectivity index (χ4v) is 3.71. The molecule has 1 rings (SSSR count). The molecule has 1 atom stereocenters. The van der Waals surface area contributed by atoms with E-state index in [0.717, 1.165) is 6.54 Å². The third-order valence-electron chi connectivity index (χ3n) is 5.18. The van der Waals surface area contributed by atoms with Crippen molar-refractivity contribution in [2.45, 2.75) is 122 Å². The van der Waals surface area contributed by atoms with Crippen molar-refractivity contribution in [3.63, 3.8) is 0 Å². The molecule has 3 heteroatoms. The Labute approximate surface area is 162 Å². The van der Waals surface area contributed by atoms with Crippen molar-refractivity contribution < 1.29 is 0 Å². The molecule has 1 unspecified atom stereocenters. The molecule has 0 aromatic carbocycles. The molecule has 0 radical (unpaired) electrons. The van der Waals surface area contributed by atoms with Crippen LogP contribution in [-0.2, 0) is 0 Å². The molecule has 0 bridgehead atoms. The highest BCUT2D eigenvalue weighted by atomic mass is 35.5. The summed E-state index contributed by atoms with van der Waals surface area (Å²) in [5.74, 6) is 0. The first kappa shape index (κ1) is 22.8. The summed E-state index contributed by atoms with van der Waals surface area (Å²) in [4.78, 5) is -0.380. The van der Waals surface area contributed by atoms with Crippen molar-refractivity contribution in [1.29, 1.82) is 0 Å². The van der Waals surface area contributed by atoms with E-state index in [1.807, 2.05) is 13.0 Å². The average Bonchev–Trinajstić information content (AvgIpc) is 2.93. The highest BCUT2D eigenvalue weighted by Gasteiger charge is 2.23. The molecule has 2 nitrogen and oxygen atoms in total. The first-order chi connectivity index (χ1) is 12.1. The molecular weight excluding hydrogens is 328 g/mol. The van der Waals surface area contributed by atoms with Crippen LogP contribution in [0.1, 0.15) is 117 Å². The van der Waals surface area contributed by atoms with E-state index < -0.39 is 0 Å². The van der Waals surface area contributed by atoms with Crippen molar-refractivity contribution in [2.24, 2.45) is 0 Å². The van der Waals surface area contributed by atoms with Gasteiger partial charge in [0.2, 0.25) is 0 Å². The zero-order chi connectivity index (χ0) is 18.2. The predicted octanol–water partition coefficient (Wildman–Crippen LogP) is 7.54. The third kappa shape index (κ3) is 13.6. The van der Waals surface area contributed by atoms with E-state index in [9.17, 15) is 0 Å². The Morgan fingerprint density at radius 3 is 1.48 bits per heavy atom. The fraction of sp³-hybridized carbons (Fsp3) is 0.909. The van der Waals surface area contributed by atoms with Gasteiger partial charge in [-0.1, -0.05) is 115 Å². The van der Waals surface area contributed by atoms with Gasteiger partial charge in [0.25, 0.3) is 0 Å². The van der Waals surface area contributed by atoms with Crippen molar-refractivity contribution >= 4 is 11.6 Å². The minimum atomic E-state index is -0.380. The molecule has 0 aromatic rings. The second kappa shape index (κ2) is 14.9. The second-order valence-corrected chi connectivity index (χ2v) is 8.78. The molecule has 1 aliphatic rings. The lowest BCUT2D eigenvalue weighted by Crippen LogP contribution is -2.40. The minimum absolute atomic E-state index is 0.380. The zero-order valence-corrected chi connectivity index (χ0v) is 17.8. The summed E-state index contributed by atoms with van der Waals surface area (Å²) in [5, 5.41) is 2.12. The Kier molecular flexibility index (Phi) is 13.6. The number of hydrazine groups is 1. The molecule has 1 aliphatic heterocycles. The second-order valence-electron chi connectivity index (χ2n) is 8.00. The maximum atomic E-state index is 6.20. The summed E-state index contributed by atoms with van der Waals surface area (Å²) in [6, 6.07) is 0. The van der Waals surface area contributed by atoms with Gasteiger partial charge in [-0.05, 0) is 19.4 Å². The van der Waals surface area contributed by atoms with E-state index >= 15 is 0 Å². The molecule has 0 aromatic heterocycles. The van der Waals surface area contributed by atoms with E-state index in [2.05, 4.69) is 23.6 Å². The molecule has 0 saturated heterocycles. The Bertz CT molecular complexity index is 328. The van der Waals surface area contributed by atoms with Crippen molar-refractivity contribution in [2.75, 3.05) is 6.54 Å². The number of nitrogens with one attached hydrogen (secondary N) is 1. The van der Waals surface area contributed by atoms with Crippen LogP contribution in [0.15, 0.2) is 12.3 Å². The van der Waals surface area contributed by atoms with Crippen LogP contribution < -0.4 is 5.43 Å². The molecule has 0 fully saturated rings. The first-order valence-electron chi connectivity index (χ1n) is 11.1. The summed E-state index contributed by atoms with van der Waals surface area (Å²) >= 11 is 6.20. The third-order valence-corrected chi connectivity index (χ3v) is 5.39. The smallest absolute Gasteiger partial charge is 0.128 e. The van der Waals surface area contributed by atoms with Gasteiger partial charge in [-0.15, -0.1) is 0 Å². The topological polar surface area (TPSA) is 15.3 Å². The van der Waals surface area contributed by atoms with E-state index in [1.54, 1.807) is 0 Å². The van der Waals surface area contributed by atoms with Gasteiger partial charge < -0.3 is 5.01 Å². The molecule has 0 spiro atoms. The van der Waals surface area contributed by atoms with Crippen LogP contribution in [0.3, 0.4) is 0 Å². The SMILES string of the molecule is CCCCCCCCCCCCCCCCCCN1C=CC(C)(Cl)N1. The van der Waals surface area contributed by atoms with Crippen molar-refractivity contribution in [3.05, 3.63) is 12.3 Å². The Hall–Kier alpha value is -0.210. The highest BCUT2D eigenvalue weighted by molar-refractivity contribution is 6.24. The molecular formula is C22H43ClN2. The van der Waals surface area contributed by atoms with Gasteiger partial charge >= 0.3 is 0 Å². The van der Waals surface area contributed by atoms with Crippen LogP contribution in [0.5, 0.6) is 0 Å². The monoisotopic (exact) mass is 370 g/mol. The van der Waals surface area contributed by atoms with Crippen molar-refractivity contribution in [3.8, 4) is 0 Å². The van der Waals surface area contributed by atoms with E-state index in [-0.39, 0.29) is 5.00 Å².